The zero-order valence-electron chi connectivity index (χ0n) is 16.9. The molecule has 0 radical (unpaired) electrons. The minimum absolute atomic E-state index is 0.00935. The molecule has 0 saturated heterocycles. The van der Waals surface area contributed by atoms with E-state index in [0.717, 1.165) is 31.7 Å². The van der Waals surface area contributed by atoms with Gasteiger partial charge in [0.2, 0.25) is 0 Å². The van der Waals surface area contributed by atoms with Crippen LogP contribution < -0.4 is 5.32 Å². The van der Waals surface area contributed by atoms with Gasteiger partial charge in [-0.2, -0.15) is 0 Å². The van der Waals surface area contributed by atoms with E-state index in [4.69, 9.17) is 0 Å². The van der Waals surface area contributed by atoms with Crippen molar-refractivity contribution in [2.45, 2.75) is 20.4 Å². The first-order valence-electron chi connectivity index (χ1n) is 9.32. The minimum Gasteiger partial charge on any atom is -0.322 e. The molecule has 1 amide bonds. The molecule has 2 aromatic carbocycles. The zero-order chi connectivity index (χ0) is 20.7. The minimum atomic E-state index is -0.450. The molecule has 150 valence electrons. The Bertz CT molecular complexity index is 821. The lowest BCUT2D eigenvalue weighted by atomic mass is 10.1. The van der Waals surface area contributed by atoms with Gasteiger partial charge in [0.15, 0.2) is 0 Å². The van der Waals surface area contributed by atoms with Crippen LogP contribution in [0.25, 0.3) is 0 Å². The summed E-state index contributed by atoms with van der Waals surface area (Å²) in [6.07, 6.45) is 0. The highest BCUT2D eigenvalue weighted by Gasteiger charge is 2.13. The number of benzene rings is 2. The van der Waals surface area contributed by atoms with E-state index in [1.165, 1.54) is 6.07 Å². The predicted molar refractivity (Wildman–Crippen MR) is 112 cm³/mol. The summed E-state index contributed by atoms with van der Waals surface area (Å²) in [5, 5.41) is 13.8. The predicted octanol–water partition coefficient (Wildman–Crippen LogP) is 3.54. The van der Waals surface area contributed by atoms with Gasteiger partial charge in [-0.25, -0.2) is 0 Å². The third-order valence-electron chi connectivity index (χ3n) is 4.74. The highest BCUT2D eigenvalue weighted by atomic mass is 16.6. The number of carbonyl (C=O) groups excluding carboxylic acids is 1. The standard InChI is InChI=1S/C21H28N4O3/c1-5-23(3)12-13-24(4)15-17-7-9-18(10-8-17)21(26)22-19-11-6-16(2)20(14-19)25(27)28/h6-11,14H,5,12-13,15H2,1-4H3,(H,22,26). The monoisotopic (exact) mass is 384 g/mol. The second kappa shape index (κ2) is 9.96. The van der Waals surface area contributed by atoms with Crippen LogP contribution in [0.15, 0.2) is 42.5 Å². The molecule has 0 spiro atoms. The van der Waals surface area contributed by atoms with Crippen LogP contribution in [-0.2, 0) is 6.54 Å². The van der Waals surface area contributed by atoms with Gasteiger partial charge in [0.05, 0.1) is 4.92 Å². The summed E-state index contributed by atoms with van der Waals surface area (Å²) in [6.45, 7) is 7.62. The van der Waals surface area contributed by atoms with Gasteiger partial charge in [0.1, 0.15) is 0 Å². The van der Waals surface area contributed by atoms with Gasteiger partial charge < -0.3 is 15.1 Å². The maximum absolute atomic E-state index is 12.4. The Morgan fingerprint density at radius 3 is 2.32 bits per heavy atom. The Labute approximate surface area is 166 Å². The van der Waals surface area contributed by atoms with Crippen molar-refractivity contribution in [3.05, 3.63) is 69.3 Å². The number of likely N-dealkylation sites (N-methyl/N-ethyl adjacent to an activating group) is 2. The number of carbonyl (C=O) groups is 1. The maximum Gasteiger partial charge on any atom is 0.274 e. The van der Waals surface area contributed by atoms with Crippen LogP contribution in [0.5, 0.6) is 0 Å². The van der Waals surface area contributed by atoms with Crippen molar-refractivity contribution >= 4 is 17.3 Å². The first-order chi connectivity index (χ1) is 13.3. The van der Waals surface area contributed by atoms with Crippen molar-refractivity contribution in [1.29, 1.82) is 0 Å². The summed E-state index contributed by atoms with van der Waals surface area (Å²) in [4.78, 5) is 27.5. The van der Waals surface area contributed by atoms with Crippen LogP contribution in [0, 0.1) is 17.0 Å². The number of amides is 1. The molecule has 0 fully saturated rings. The molecule has 0 aromatic heterocycles. The molecule has 28 heavy (non-hydrogen) atoms. The van der Waals surface area contributed by atoms with E-state index < -0.39 is 4.92 Å². The number of rotatable bonds is 9. The second-order valence-corrected chi connectivity index (χ2v) is 7.04. The highest BCUT2D eigenvalue weighted by molar-refractivity contribution is 6.04. The molecule has 0 bridgehead atoms. The van der Waals surface area contributed by atoms with E-state index in [0.29, 0.717) is 16.8 Å². The van der Waals surface area contributed by atoms with E-state index in [-0.39, 0.29) is 11.6 Å². The number of hydrogen-bond acceptors (Lipinski definition) is 5. The van der Waals surface area contributed by atoms with Crippen LogP contribution in [0.1, 0.15) is 28.4 Å². The van der Waals surface area contributed by atoms with Crippen LogP contribution in [-0.4, -0.2) is 54.4 Å². The van der Waals surface area contributed by atoms with Gasteiger partial charge in [-0.15, -0.1) is 0 Å². The van der Waals surface area contributed by atoms with Crippen molar-refractivity contribution < 1.29 is 9.72 Å². The Kier molecular flexibility index (Phi) is 7.66. The SMILES string of the molecule is CCN(C)CCN(C)Cc1ccc(C(=O)Nc2ccc(C)c([N+](=O)[O-])c2)cc1. The number of hydrogen-bond donors (Lipinski definition) is 1. The lowest BCUT2D eigenvalue weighted by molar-refractivity contribution is -0.385. The normalized spacial score (nSPS) is 11.1. The number of nitro groups is 1. The molecule has 0 aliphatic rings. The number of nitro benzene ring substituents is 1. The smallest absolute Gasteiger partial charge is 0.274 e. The van der Waals surface area contributed by atoms with Gasteiger partial charge in [0.25, 0.3) is 11.6 Å². The summed E-state index contributed by atoms with van der Waals surface area (Å²) in [5.41, 5.74) is 2.60. The van der Waals surface area contributed by atoms with E-state index in [1.807, 2.05) is 12.1 Å². The van der Waals surface area contributed by atoms with Gasteiger partial charge in [-0.1, -0.05) is 25.1 Å². The molecular weight excluding hydrogens is 356 g/mol. The van der Waals surface area contributed by atoms with E-state index in [2.05, 4.69) is 36.1 Å². The first kappa shape index (κ1) is 21.5. The zero-order valence-corrected chi connectivity index (χ0v) is 16.9. The average Bonchev–Trinajstić information content (AvgIpc) is 2.67. The van der Waals surface area contributed by atoms with Crippen molar-refractivity contribution in [2.75, 3.05) is 39.0 Å². The van der Waals surface area contributed by atoms with Gasteiger partial charge in [-0.3, -0.25) is 14.9 Å². The van der Waals surface area contributed by atoms with Crippen LogP contribution in [0.2, 0.25) is 0 Å². The molecular formula is C21H28N4O3. The van der Waals surface area contributed by atoms with Gasteiger partial charge in [0, 0.05) is 42.5 Å². The molecule has 7 heteroatoms. The van der Waals surface area contributed by atoms with Crippen LogP contribution >= 0.6 is 0 Å². The molecule has 1 N–H and O–H groups in total. The number of nitrogens with one attached hydrogen (secondary N) is 1. The highest BCUT2D eigenvalue weighted by Crippen LogP contribution is 2.22. The summed E-state index contributed by atoms with van der Waals surface area (Å²) < 4.78 is 0. The van der Waals surface area contributed by atoms with E-state index >= 15 is 0 Å². The van der Waals surface area contributed by atoms with Crippen LogP contribution in [0.4, 0.5) is 11.4 Å². The van der Waals surface area contributed by atoms with E-state index in [1.54, 1.807) is 31.2 Å². The molecule has 0 aliphatic carbocycles. The van der Waals surface area contributed by atoms with Crippen molar-refractivity contribution in [2.24, 2.45) is 0 Å². The largest absolute Gasteiger partial charge is 0.322 e. The number of aryl methyl sites for hydroxylation is 1. The summed E-state index contributed by atoms with van der Waals surface area (Å²) in [7, 11) is 4.18. The van der Waals surface area contributed by atoms with Crippen molar-refractivity contribution in [3.63, 3.8) is 0 Å². The Morgan fingerprint density at radius 2 is 1.71 bits per heavy atom. The molecule has 0 atom stereocenters. The van der Waals surface area contributed by atoms with Crippen molar-refractivity contribution in [1.82, 2.24) is 9.80 Å². The molecule has 0 saturated carbocycles. The fourth-order valence-electron chi connectivity index (χ4n) is 2.74. The summed E-state index contributed by atoms with van der Waals surface area (Å²) >= 11 is 0. The fourth-order valence-corrected chi connectivity index (χ4v) is 2.74. The lowest BCUT2D eigenvalue weighted by Crippen LogP contribution is -2.30. The molecule has 0 heterocycles. The first-order valence-corrected chi connectivity index (χ1v) is 9.32. The second-order valence-electron chi connectivity index (χ2n) is 7.04. The third-order valence-corrected chi connectivity index (χ3v) is 4.74. The molecule has 0 unspecified atom stereocenters. The molecule has 0 aliphatic heterocycles. The Balaban J connectivity index is 1.96. The lowest BCUT2D eigenvalue weighted by Gasteiger charge is -2.21. The Hall–Kier alpha value is -2.77. The summed E-state index contributed by atoms with van der Waals surface area (Å²) in [6, 6.07) is 12.1. The van der Waals surface area contributed by atoms with Crippen LogP contribution in [0.3, 0.4) is 0 Å². The third kappa shape index (κ3) is 6.14. The Morgan fingerprint density at radius 1 is 1.07 bits per heavy atom. The molecule has 7 nitrogen and oxygen atoms in total. The van der Waals surface area contributed by atoms with E-state index in [9.17, 15) is 14.9 Å². The fraction of sp³-hybridized carbons (Fsp3) is 0.381. The van der Waals surface area contributed by atoms with Gasteiger partial charge >= 0.3 is 0 Å². The number of nitrogens with zero attached hydrogens (tertiary/aromatic N) is 3. The molecule has 2 rings (SSSR count). The summed E-state index contributed by atoms with van der Waals surface area (Å²) in [5.74, 6) is -0.289. The average molecular weight is 384 g/mol. The number of anilines is 1. The maximum atomic E-state index is 12.4. The topological polar surface area (TPSA) is 78.7 Å². The van der Waals surface area contributed by atoms with Gasteiger partial charge in [-0.05, 0) is 51.3 Å². The van der Waals surface area contributed by atoms with Crippen molar-refractivity contribution in [3.8, 4) is 0 Å². The molecule has 2 aromatic rings. The quantitative estimate of drug-likeness (QED) is 0.528.